The highest BCUT2D eigenvalue weighted by molar-refractivity contribution is 5.79. The highest BCUT2D eigenvalue weighted by atomic mass is 16.2. The van der Waals surface area contributed by atoms with E-state index in [1.54, 1.807) is 6.07 Å². The lowest BCUT2D eigenvalue weighted by Gasteiger charge is -2.31. The first-order chi connectivity index (χ1) is 12.1. The number of hydrogen-bond donors (Lipinski definition) is 1. The van der Waals surface area contributed by atoms with Crippen molar-refractivity contribution in [2.75, 3.05) is 0 Å². The van der Waals surface area contributed by atoms with Crippen LogP contribution in [0.3, 0.4) is 0 Å². The second kappa shape index (κ2) is 6.97. The maximum Gasteiger partial charge on any atom is 0.250 e. The van der Waals surface area contributed by atoms with Crippen LogP contribution in [0.1, 0.15) is 63.1 Å². The number of fused-ring (bicyclic) bond motifs is 1. The van der Waals surface area contributed by atoms with Crippen molar-refractivity contribution in [2.24, 2.45) is 17.8 Å². The third-order valence-corrected chi connectivity index (χ3v) is 6.46. The van der Waals surface area contributed by atoms with E-state index in [0.717, 1.165) is 44.6 Å². The Hall–Kier alpha value is -1.58. The summed E-state index contributed by atoms with van der Waals surface area (Å²) >= 11 is 0. The van der Waals surface area contributed by atoms with E-state index in [1.807, 2.05) is 10.6 Å². The van der Waals surface area contributed by atoms with Crippen molar-refractivity contribution in [2.45, 2.75) is 77.3 Å². The molecule has 1 heterocycles. The van der Waals surface area contributed by atoms with Gasteiger partial charge >= 0.3 is 0 Å². The van der Waals surface area contributed by atoms with Crippen LogP contribution in [-0.4, -0.2) is 16.5 Å². The fourth-order valence-electron chi connectivity index (χ4n) is 4.55. The molecule has 0 unspecified atom stereocenters. The van der Waals surface area contributed by atoms with Crippen LogP contribution in [-0.2, 0) is 24.2 Å². The van der Waals surface area contributed by atoms with Gasteiger partial charge in [-0.2, -0.15) is 0 Å². The Morgan fingerprint density at radius 2 is 1.88 bits per heavy atom. The molecule has 2 saturated carbocycles. The number of amides is 1. The van der Waals surface area contributed by atoms with Crippen molar-refractivity contribution in [3.63, 3.8) is 0 Å². The van der Waals surface area contributed by atoms with Gasteiger partial charge in [0.05, 0.1) is 0 Å². The topological polar surface area (TPSA) is 51.1 Å². The summed E-state index contributed by atoms with van der Waals surface area (Å²) in [5.74, 6) is 1.94. The number of nitrogens with one attached hydrogen (secondary N) is 1. The normalized spacial score (nSPS) is 29.1. The van der Waals surface area contributed by atoms with Crippen LogP contribution in [0.15, 0.2) is 16.9 Å². The van der Waals surface area contributed by atoms with E-state index in [0.29, 0.717) is 5.92 Å². The summed E-state index contributed by atoms with van der Waals surface area (Å²) in [6.45, 7) is 3.17. The molecule has 3 aliphatic carbocycles. The zero-order valence-corrected chi connectivity index (χ0v) is 15.3. The summed E-state index contributed by atoms with van der Waals surface area (Å²) in [5.41, 5.74) is 2.62. The summed E-state index contributed by atoms with van der Waals surface area (Å²) in [6.07, 6.45) is 9.69. The van der Waals surface area contributed by atoms with Crippen molar-refractivity contribution in [1.82, 2.24) is 9.88 Å². The predicted molar refractivity (Wildman–Crippen MR) is 98.5 cm³/mol. The molecule has 4 nitrogen and oxygen atoms in total. The van der Waals surface area contributed by atoms with Crippen molar-refractivity contribution >= 4 is 5.91 Å². The van der Waals surface area contributed by atoms with Crippen LogP contribution in [0.4, 0.5) is 0 Å². The number of carbonyl (C=O) groups excluding carboxylic acids is 1. The van der Waals surface area contributed by atoms with E-state index in [1.165, 1.54) is 36.9 Å². The van der Waals surface area contributed by atoms with Crippen LogP contribution >= 0.6 is 0 Å². The van der Waals surface area contributed by atoms with E-state index in [-0.39, 0.29) is 23.4 Å². The molecular formula is C21H30N2O2. The van der Waals surface area contributed by atoms with Crippen molar-refractivity contribution in [3.05, 3.63) is 33.7 Å². The fourth-order valence-corrected chi connectivity index (χ4v) is 4.55. The van der Waals surface area contributed by atoms with Crippen LogP contribution in [0, 0.1) is 17.8 Å². The maximum absolute atomic E-state index is 12.6. The minimum Gasteiger partial charge on any atom is -0.353 e. The molecular weight excluding hydrogens is 312 g/mol. The Morgan fingerprint density at radius 1 is 1.12 bits per heavy atom. The average Bonchev–Trinajstić information content (AvgIpc) is 3.42. The van der Waals surface area contributed by atoms with Crippen LogP contribution in [0.25, 0.3) is 0 Å². The molecule has 0 saturated heterocycles. The lowest BCUT2D eigenvalue weighted by molar-refractivity contribution is -0.127. The first-order valence-corrected chi connectivity index (χ1v) is 10.1. The summed E-state index contributed by atoms with van der Waals surface area (Å²) in [6, 6.07) is 3.93. The molecule has 0 spiro atoms. The lowest BCUT2D eigenvalue weighted by Crippen LogP contribution is -2.43. The van der Waals surface area contributed by atoms with E-state index < -0.39 is 0 Å². The van der Waals surface area contributed by atoms with Crippen molar-refractivity contribution in [1.29, 1.82) is 0 Å². The van der Waals surface area contributed by atoms with Gasteiger partial charge in [0.1, 0.15) is 0 Å². The molecule has 1 aromatic heterocycles. The Kier molecular flexibility index (Phi) is 4.70. The van der Waals surface area contributed by atoms with Gasteiger partial charge in [-0.1, -0.05) is 13.0 Å². The zero-order valence-electron chi connectivity index (χ0n) is 15.3. The number of aromatic nitrogens is 1. The van der Waals surface area contributed by atoms with Gasteiger partial charge in [-0.25, -0.2) is 0 Å². The van der Waals surface area contributed by atoms with Crippen LogP contribution in [0.2, 0.25) is 0 Å². The molecule has 0 aliphatic heterocycles. The molecule has 0 radical (unpaired) electrons. The number of pyridine rings is 1. The highest BCUT2D eigenvalue weighted by Crippen LogP contribution is 2.32. The highest BCUT2D eigenvalue weighted by Gasteiger charge is 2.29. The molecule has 25 heavy (non-hydrogen) atoms. The summed E-state index contributed by atoms with van der Waals surface area (Å²) in [5, 5.41) is 3.31. The fraction of sp³-hybridized carbons (Fsp3) is 0.714. The largest absolute Gasteiger partial charge is 0.353 e. The van der Waals surface area contributed by atoms with Crippen molar-refractivity contribution in [3.8, 4) is 0 Å². The average molecular weight is 342 g/mol. The Balaban J connectivity index is 1.41. The number of carbonyl (C=O) groups is 1. The van der Waals surface area contributed by atoms with Gasteiger partial charge in [-0.05, 0) is 75.2 Å². The quantitative estimate of drug-likeness (QED) is 0.914. The number of hydrogen-bond acceptors (Lipinski definition) is 2. The van der Waals surface area contributed by atoms with E-state index in [4.69, 9.17) is 0 Å². The molecule has 4 heteroatoms. The standard InChI is InChI=1S/C21H30N2O2/c1-14-2-6-16(7-3-14)21(25)22-18-9-10-19-17(12-18)8-11-20(24)23(19)13-15-4-5-15/h8,11,14-16,18H,2-7,9-10,12-13H2,1H3,(H,22,25)/t14?,16?,18-/m0/s1. The third-order valence-electron chi connectivity index (χ3n) is 6.46. The van der Waals surface area contributed by atoms with Gasteiger partial charge in [0, 0.05) is 30.3 Å². The first kappa shape index (κ1) is 16.9. The van der Waals surface area contributed by atoms with Gasteiger partial charge in [-0.15, -0.1) is 0 Å². The third kappa shape index (κ3) is 3.83. The molecule has 0 bridgehead atoms. The minimum atomic E-state index is 0.143. The van der Waals surface area contributed by atoms with Gasteiger partial charge in [0.2, 0.25) is 5.91 Å². The minimum absolute atomic E-state index is 0.143. The van der Waals surface area contributed by atoms with Crippen LogP contribution in [0.5, 0.6) is 0 Å². The molecule has 1 aromatic rings. The van der Waals surface area contributed by atoms with Gasteiger partial charge in [0.15, 0.2) is 0 Å². The second-order valence-corrected chi connectivity index (χ2v) is 8.60. The van der Waals surface area contributed by atoms with Gasteiger partial charge in [0.25, 0.3) is 5.56 Å². The molecule has 4 rings (SSSR count). The number of rotatable bonds is 4. The Morgan fingerprint density at radius 3 is 2.60 bits per heavy atom. The van der Waals surface area contributed by atoms with E-state index in [9.17, 15) is 9.59 Å². The molecule has 3 aliphatic rings. The summed E-state index contributed by atoms with van der Waals surface area (Å²) < 4.78 is 2.01. The van der Waals surface area contributed by atoms with Crippen LogP contribution < -0.4 is 10.9 Å². The lowest BCUT2D eigenvalue weighted by atomic mass is 9.82. The molecule has 1 N–H and O–H groups in total. The Labute approximate surface area is 150 Å². The smallest absolute Gasteiger partial charge is 0.250 e. The SMILES string of the molecule is CC1CCC(C(=O)N[C@H]2CCc3c(ccc(=O)n3CC3CC3)C2)CC1. The van der Waals surface area contributed by atoms with E-state index >= 15 is 0 Å². The van der Waals surface area contributed by atoms with Gasteiger partial charge < -0.3 is 9.88 Å². The first-order valence-electron chi connectivity index (χ1n) is 10.1. The van der Waals surface area contributed by atoms with E-state index in [2.05, 4.69) is 12.2 Å². The summed E-state index contributed by atoms with van der Waals surface area (Å²) in [4.78, 5) is 24.8. The maximum atomic E-state index is 12.6. The number of nitrogens with zero attached hydrogens (tertiary/aromatic N) is 1. The van der Waals surface area contributed by atoms with Gasteiger partial charge in [-0.3, -0.25) is 9.59 Å². The predicted octanol–water partition coefficient (Wildman–Crippen LogP) is 3.06. The van der Waals surface area contributed by atoms with Crippen molar-refractivity contribution < 1.29 is 4.79 Å². The summed E-state index contributed by atoms with van der Waals surface area (Å²) in [7, 11) is 0. The zero-order chi connectivity index (χ0) is 17.4. The molecule has 2 fully saturated rings. The molecule has 1 atom stereocenters. The molecule has 136 valence electrons. The monoisotopic (exact) mass is 342 g/mol. The Bertz CT molecular complexity index is 696. The molecule has 1 amide bonds. The molecule has 0 aromatic carbocycles. The second-order valence-electron chi connectivity index (χ2n) is 8.60.